The summed E-state index contributed by atoms with van der Waals surface area (Å²) in [5, 5.41) is 14.4. The molecule has 4 rings (SSSR count). The predicted molar refractivity (Wildman–Crippen MR) is 114 cm³/mol. The average molecular weight is 434 g/mol. The second-order valence-corrected chi connectivity index (χ2v) is 7.60. The third-order valence-corrected chi connectivity index (χ3v) is 5.44. The normalized spacial score (nSPS) is 15.3. The van der Waals surface area contributed by atoms with Crippen LogP contribution in [0.5, 0.6) is 0 Å². The Morgan fingerprint density at radius 2 is 1.88 bits per heavy atom. The first-order chi connectivity index (χ1) is 15.4. The highest BCUT2D eigenvalue weighted by molar-refractivity contribution is 5.89. The van der Waals surface area contributed by atoms with Crippen molar-refractivity contribution in [2.24, 2.45) is 0 Å². The number of H-pyrrole nitrogens is 1. The number of nitriles is 1. The fourth-order valence-corrected chi connectivity index (χ4v) is 3.74. The molecule has 3 aromatic rings. The van der Waals surface area contributed by atoms with Crippen molar-refractivity contribution in [2.75, 3.05) is 6.54 Å². The zero-order chi connectivity index (χ0) is 22.7. The Balaban J connectivity index is 1.61. The van der Waals surface area contributed by atoms with Gasteiger partial charge in [-0.3, -0.25) is 9.59 Å². The highest BCUT2D eigenvalue weighted by Crippen LogP contribution is 2.31. The maximum Gasteiger partial charge on any atom is 0.242 e. The number of hydrogen-bond donors (Lipinski definition) is 3. The average Bonchev–Trinajstić information content (AvgIpc) is 3.39. The Labute approximate surface area is 183 Å². The molecule has 1 saturated heterocycles. The molecule has 0 radical (unpaired) electrons. The number of benzene rings is 2. The van der Waals surface area contributed by atoms with Gasteiger partial charge >= 0.3 is 0 Å². The van der Waals surface area contributed by atoms with E-state index in [-0.39, 0.29) is 29.6 Å². The van der Waals surface area contributed by atoms with Gasteiger partial charge in [0.05, 0.1) is 5.56 Å². The minimum absolute atomic E-state index is 0.0603. The van der Waals surface area contributed by atoms with Crippen molar-refractivity contribution in [2.45, 2.75) is 25.3 Å². The molecule has 1 fully saturated rings. The van der Waals surface area contributed by atoms with Gasteiger partial charge in [-0.2, -0.15) is 5.26 Å². The van der Waals surface area contributed by atoms with Crippen LogP contribution < -0.4 is 10.6 Å². The van der Waals surface area contributed by atoms with E-state index in [9.17, 15) is 18.4 Å². The monoisotopic (exact) mass is 434 g/mol. The molecule has 2 aromatic carbocycles. The number of hydrogen-bond acceptors (Lipinski definition) is 3. The molecule has 32 heavy (non-hydrogen) atoms. The number of amides is 2. The molecule has 6 nitrogen and oxygen atoms in total. The predicted octanol–water partition coefficient (Wildman–Crippen LogP) is 3.44. The Morgan fingerprint density at radius 1 is 1.12 bits per heavy atom. The summed E-state index contributed by atoms with van der Waals surface area (Å²) in [5.41, 5.74) is 3.27. The van der Waals surface area contributed by atoms with Gasteiger partial charge in [-0.25, -0.2) is 8.78 Å². The summed E-state index contributed by atoms with van der Waals surface area (Å²) in [5.74, 6) is -1.44. The summed E-state index contributed by atoms with van der Waals surface area (Å²) < 4.78 is 27.6. The minimum Gasteiger partial charge on any atom is -0.354 e. The molecular weight excluding hydrogens is 414 g/mol. The number of aromatic nitrogens is 1. The van der Waals surface area contributed by atoms with Crippen LogP contribution in [-0.2, 0) is 16.0 Å². The van der Waals surface area contributed by atoms with Crippen LogP contribution in [0.3, 0.4) is 0 Å². The summed E-state index contributed by atoms with van der Waals surface area (Å²) in [6, 6.07) is 13.4. The lowest BCUT2D eigenvalue weighted by Gasteiger charge is -2.10. The van der Waals surface area contributed by atoms with Gasteiger partial charge in [0.25, 0.3) is 0 Å². The third kappa shape index (κ3) is 4.52. The van der Waals surface area contributed by atoms with E-state index in [1.54, 1.807) is 24.3 Å². The topological polar surface area (TPSA) is 97.8 Å². The van der Waals surface area contributed by atoms with E-state index < -0.39 is 11.9 Å². The molecule has 1 aromatic heterocycles. The quantitative estimate of drug-likeness (QED) is 0.554. The Hall–Kier alpha value is -3.99. The SMILES string of the molecule is N#Cc1ccc(-c2[nH]c(-c3ccc(F)cc3)cc2CCC(=O)NC2CCNC2=O)cc1F. The van der Waals surface area contributed by atoms with Crippen molar-refractivity contribution in [3.63, 3.8) is 0 Å². The van der Waals surface area contributed by atoms with Crippen molar-refractivity contribution in [3.05, 3.63) is 71.3 Å². The number of nitrogens with one attached hydrogen (secondary N) is 3. The van der Waals surface area contributed by atoms with E-state index in [1.165, 1.54) is 24.3 Å². The first-order valence-corrected chi connectivity index (χ1v) is 10.2. The van der Waals surface area contributed by atoms with Crippen LogP contribution in [0.4, 0.5) is 8.78 Å². The molecule has 1 atom stereocenters. The molecule has 0 spiro atoms. The first kappa shape index (κ1) is 21.2. The zero-order valence-electron chi connectivity index (χ0n) is 17.0. The van der Waals surface area contributed by atoms with E-state index >= 15 is 0 Å². The summed E-state index contributed by atoms with van der Waals surface area (Å²) in [7, 11) is 0. The largest absolute Gasteiger partial charge is 0.354 e. The van der Waals surface area contributed by atoms with Crippen molar-refractivity contribution >= 4 is 11.8 Å². The molecule has 0 saturated carbocycles. The lowest BCUT2D eigenvalue weighted by Crippen LogP contribution is -2.40. The fourth-order valence-electron chi connectivity index (χ4n) is 3.74. The highest BCUT2D eigenvalue weighted by atomic mass is 19.1. The molecule has 1 unspecified atom stereocenters. The van der Waals surface area contributed by atoms with Crippen molar-refractivity contribution in [3.8, 4) is 28.6 Å². The summed E-state index contributed by atoms with van der Waals surface area (Å²) in [6.07, 6.45) is 1.03. The first-order valence-electron chi connectivity index (χ1n) is 10.2. The van der Waals surface area contributed by atoms with Gasteiger partial charge in [0, 0.05) is 29.9 Å². The van der Waals surface area contributed by atoms with Gasteiger partial charge in [-0.05, 0) is 66.4 Å². The van der Waals surface area contributed by atoms with Crippen LogP contribution in [0.2, 0.25) is 0 Å². The third-order valence-electron chi connectivity index (χ3n) is 5.44. The maximum atomic E-state index is 14.2. The van der Waals surface area contributed by atoms with E-state index in [0.717, 1.165) is 11.1 Å². The number of nitrogens with zero attached hydrogens (tertiary/aromatic N) is 1. The van der Waals surface area contributed by atoms with Crippen LogP contribution in [-0.4, -0.2) is 29.4 Å². The smallest absolute Gasteiger partial charge is 0.242 e. The van der Waals surface area contributed by atoms with Crippen LogP contribution >= 0.6 is 0 Å². The van der Waals surface area contributed by atoms with Crippen molar-refractivity contribution in [1.82, 2.24) is 15.6 Å². The summed E-state index contributed by atoms with van der Waals surface area (Å²) in [6.45, 7) is 0.539. The van der Waals surface area contributed by atoms with Crippen molar-refractivity contribution < 1.29 is 18.4 Å². The second-order valence-electron chi connectivity index (χ2n) is 7.60. The molecule has 0 bridgehead atoms. The van der Waals surface area contributed by atoms with Gasteiger partial charge < -0.3 is 15.6 Å². The summed E-state index contributed by atoms with van der Waals surface area (Å²) >= 11 is 0. The van der Waals surface area contributed by atoms with Crippen molar-refractivity contribution in [1.29, 1.82) is 5.26 Å². The minimum atomic E-state index is -0.640. The van der Waals surface area contributed by atoms with Gasteiger partial charge in [0.1, 0.15) is 23.7 Å². The lowest BCUT2D eigenvalue weighted by molar-refractivity contribution is -0.127. The van der Waals surface area contributed by atoms with Gasteiger partial charge in [0.2, 0.25) is 11.8 Å². The Morgan fingerprint density at radius 3 is 2.53 bits per heavy atom. The molecule has 2 heterocycles. The molecular formula is C24H20F2N4O2. The molecule has 2 amide bonds. The van der Waals surface area contributed by atoms with Gasteiger partial charge in [0.15, 0.2) is 0 Å². The molecule has 0 aliphatic carbocycles. The van der Waals surface area contributed by atoms with E-state index in [1.807, 2.05) is 6.07 Å². The van der Waals surface area contributed by atoms with Gasteiger partial charge in [-0.15, -0.1) is 0 Å². The maximum absolute atomic E-state index is 14.2. The Bertz CT molecular complexity index is 1210. The molecule has 8 heteroatoms. The number of aromatic amines is 1. The van der Waals surface area contributed by atoms with Crippen LogP contribution in [0.25, 0.3) is 22.5 Å². The van der Waals surface area contributed by atoms with E-state index in [0.29, 0.717) is 36.3 Å². The van der Waals surface area contributed by atoms with Gasteiger partial charge in [-0.1, -0.05) is 6.07 Å². The van der Waals surface area contributed by atoms with Crippen LogP contribution in [0.15, 0.2) is 48.5 Å². The molecule has 162 valence electrons. The summed E-state index contributed by atoms with van der Waals surface area (Å²) in [4.78, 5) is 27.3. The number of rotatable bonds is 6. The Kier molecular flexibility index (Phi) is 5.99. The van der Waals surface area contributed by atoms with Crippen LogP contribution in [0.1, 0.15) is 24.0 Å². The van der Waals surface area contributed by atoms with Crippen LogP contribution in [0, 0.1) is 23.0 Å². The number of carbonyl (C=O) groups excluding carboxylic acids is 2. The molecule has 1 aliphatic rings. The standard InChI is InChI=1S/C24H20F2N4O2/c25-18-6-3-14(4-7-18)21-12-16(5-8-22(31)29-20-9-10-28-24(20)32)23(30-21)15-1-2-17(13-27)19(26)11-15/h1-4,6-7,11-12,20,30H,5,8-10H2,(H,28,32)(H,29,31). The highest BCUT2D eigenvalue weighted by Gasteiger charge is 2.25. The fraction of sp³-hybridized carbons (Fsp3) is 0.208. The van der Waals surface area contributed by atoms with E-state index in [4.69, 9.17) is 5.26 Å². The number of aryl methyl sites for hydroxylation is 1. The molecule has 1 aliphatic heterocycles. The lowest BCUT2D eigenvalue weighted by atomic mass is 10.0. The second kappa shape index (κ2) is 9.02. The molecule has 3 N–H and O–H groups in total. The van der Waals surface area contributed by atoms with E-state index in [2.05, 4.69) is 15.6 Å². The zero-order valence-corrected chi connectivity index (χ0v) is 17.0. The number of carbonyl (C=O) groups is 2. The number of halogens is 2.